The van der Waals surface area contributed by atoms with E-state index in [2.05, 4.69) is 19.2 Å². The molecule has 0 unspecified atom stereocenters. The number of nitrogens with one attached hydrogen (secondary N) is 1. The summed E-state index contributed by atoms with van der Waals surface area (Å²) >= 11 is 6.08. The largest absolute Gasteiger partial charge is 0.489 e. The van der Waals surface area contributed by atoms with E-state index in [4.69, 9.17) is 16.3 Å². The maximum atomic E-state index is 12.9. The zero-order valence-electron chi connectivity index (χ0n) is 12.9. The molecule has 2 aromatic carbocycles. The molecule has 0 heterocycles. The Morgan fingerprint density at radius 2 is 1.91 bits per heavy atom. The Bertz CT molecular complexity index is 601. The second-order valence-corrected chi connectivity index (χ2v) is 5.79. The highest BCUT2D eigenvalue weighted by atomic mass is 35.5. The molecular formula is C18H21ClFNO. The molecule has 0 aliphatic rings. The van der Waals surface area contributed by atoms with Crippen molar-refractivity contribution in [2.45, 2.75) is 39.5 Å². The van der Waals surface area contributed by atoms with Crippen molar-refractivity contribution in [1.82, 2.24) is 5.32 Å². The van der Waals surface area contributed by atoms with E-state index in [-0.39, 0.29) is 5.82 Å². The highest BCUT2D eigenvalue weighted by Gasteiger charge is 2.07. The molecule has 118 valence electrons. The molecule has 0 aromatic heterocycles. The van der Waals surface area contributed by atoms with E-state index in [9.17, 15) is 4.39 Å². The first-order valence-corrected chi connectivity index (χ1v) is 7.85. The second kappa shape index (κ2) is 8.16. The Morgan fingerprint density at radius 1 is 1.18 bits per heavy atom. The zero-order valence-corrected chi connectivity index (χ0v) is 13.7. The van der Waals surface area contributed by atoms with E-state index < -0.39 is 0 Å². The van der Waals surface area contributed by atoms with Gasteiger partial charge in [0.2, 0.25) is 0 Å². The van der Waals surface area contributed by atoms with Gasteiger partial charge in [0.25, 0.3) is 0 Å². The standard InChI is InChI=1S/C18H21ClFNO/c1-3-13(2)21-11-15-10-16(19)6-9-18(15)22-12-14-4-7-17(20)8-5-14/h4-10,13,21H,3,11-12H2,1-2H3/t13-/m1/s1. The normalized spacial score (nSPS) is 12.2. The molecule has 22 heavy (non-hydrogen) atoms. The maximum absolute atomic E-state index is 12.9. The van der Waals surface area contributed by atoms with Gasteiger partial charge in [0, 0.05) is 23.2 Å². The minimum absolute atomic E-state index is 0.242. The molecule has 1 N–H and O–H groups in total. The Labute approximate surface area is 136 Å². The van der Waals surface area contributed by atoms with Gasteiger partial charge in [-0.2, -0.15) is 0 Å². The Hall–Kier alpha value is -1.58. The SMILES string of the molecule is CC[C@@H](C)NCc1cc(Cl)ccc1OCc1ccc(F)cc1. The van der Waals surface area contributed by atoms with Crippen LogP contribution in [0.5, 0.6) is 5.75 Å². The van der Waals surface area contributed by atoms with Crippen molar-refractivity contribution in [3.8, 4) is 5.75 Å². The third kappa shape index (κ3) is 5.00. The third-order valence-electron chi connectivity index (χ3n) is 3.58. The average molecular weight is 322 g/mol. The van der Waals surface area contributed by atoms with Crippen LogP contribution in [0.15, 0.2) is 42.5 Å². The molecule has 0 bridgehead atoms. The smallest absolute Gasteiger partial charge is 0.124 e. The van der Waals surface area contributed by atoms with Gasteiger partial charge in [-0.05, 0) is 49.2 Å². The lowest BCUT2D eigenvalue weighted by molar-refractivity contribution is 0.301. The van der Waals surface area contributed by atoms with Crippen molar-refractivity contribution in [1.29, 1.82) is 0 Å². The van der Waals surface area contributed by atoms with Crippen LogP contribution in [-0.4, -0.2) is 6.04 Å². The van der Waals surface area contributed by atoms with Crippen LogP contribution in [0.1, 0.15) is 31.4 Å². The van der Waals surface area contributed by atoms with Gasteiger partial charge < -0.3 is 10.1 Å². The van der Waals surface area contributed by atoms with Crippen molar-refractivity contribution in [2.24, 2.45) is 0 Å². The van der Waals surface area contributed by atoms with Gasteiger partial charge in [-0.3, -0.25) is 0 Å². The molecule has 4 heteroatoms. The molecule has 0 saturated heterocycles. The Morgan fingerprint density at radius 3 is 2.59 bits per heavy atom. The fourth-order valence-corrected chi connectivity index (χ4v) is 2.19. The van der Waals surface area contributed by atoms with Crippen molar-refractivity contribution >= 4 is 11.6 Å². The lowest BCUT2D eigenvalue weighted by atomic mass is 10.1. The number of hydrogen-bond donors (Lipinski definition) is 1. The molecule has 2 aromatic rings. The van der Waals surface area contributed by atoms with Gasteiger partial charge >= 0.3 is 0 Å². The lowest BCUT2D eigenvalue weighted by Gasteiger charge is -2.15. The van der Waals surface area contributed by atoms with E-state index in [1.165, 1.54) is 12.1 Å². The molecule has 2 nitrogen and oxygen atoms in total. The van der Waals surface area contributed by atoms with Gasteiger partial charge in [-0.1, -0.05) is 30.7 Å². The lowest BCUT2D eigenvalue weighted by Crippen LogP contribution is -2.24. The van der Waals surface area contributed by atoms with E-state index in [0.29, 0.717) is 24.2 Å². The predicted molar refractivity (Wildman–Crippen MR) is 88.8 cm³/mol. The second-order valence-electron chi connectivity index (χ2n) is 5.36. The molecule has 2 rings (SSSR count). The topological polar surface area (TPSA) is 21.3 Å². The van der Waals surface area contributed by atoms with Crippen molar-refractivity contribution in [2.75, 3.05) is 0 Å². The maximum Gasteiger partial charge on any atom is 0.124 e. The van der Waals surface area contributed by atoms with Crippen LogP contribution < -0.4 is 10.1 Å². The molecule has 0 spiro atoms. The van der Waals surface area contributed by atoms with Crippen molar-refractivity contribution < 1.29 is 9.13 Å². The summed E-state index contributed by atoms with van der Waals surface area (Å²) in [5, 5.41) is 4.12. The number of benzene rings is 2. The first-order valence-electron chi connectivity index (χ1n) is 7.47. The number of ether oxygens (including phenoxy) is 1. The number of hydrogen-bond acceptors (Lipinski definition) is 2. The average Bonchev–Trinajstić information content (AvgIpc) is 2.53. The zero-order chi connectivity index (χ0) is 15.9. The van der Waals surface area contributed by atoms with E-state index in [1.807, 2.05) is 18.2 Å². The van der Waals surface area contributed by atoms with Crippen LogP contribution >= 0.6 is 11.6 Å². The molecule has 0 aliphatic carbocycles. The van der Waals surface area contributed by atoms with Crippen LogP contribution in [0, 0.1) is 5.82 Å². The molecule has 0 radical (unpaired) electrons. The summed E-state index contributed by atoms with van der Waals surface area (Å²) in [6, 6.07) is 12.4. The van der Waals surface area contributed by atoms with Crippen LogP contribution in [0.2, 0.25) is 5.02 Å². The van der Waals surface area contributed by atoms with Gasteiger partial charge in [0.15, 0.2) is 0 Å². The first-order chi connectivity index (χ1) is 10.6. The van der Waals surface area contributed by atoms with Crippen LogP contribution in [0.4, 0.5) is 4.39 Å². The molecule has 0 saturated carbocycles. The Balaban J connectivity index is 2.04. The van der Waals surface area contributed by atoms with E-state index in [0.717, 1.165) is 23.3 Å². The minimum atomic E-state index is -0.242. The first kappa shape index (κ1) is 16.8. The summed E-state index contributed by atoms with van der Waals surface area (Å²) in [6.07, 6.45) is 1.06. The van der Waals surface area contributed by atoms with Crippen molar-refractivity contribution in [3.63, 3.8) is 0 Å². The highest BCUT2D eigenvalue weighted by Crippen LogP contribution is 2.24. The van der Waals surface area contributed by atoms with Gasteiger partial charge in [0.05, 0.1) is 0 Å². The summed E-state index contributed by atoms with van der Waals surface area (Å²) in [5.74, 6) is 0.554. The van der Waals surface area contributed by atoms with Crippen LogP contribution in [0.3, 0.4) is 0 Å². The quantitative estimate of drug-likeness (QED) is 0.779. The minimum Gasteiger partial charge on any atom is -0.489 e. The summed E-state index contributed by atoms with van der Waals surface area (Å²) in [7, 11) is 0. The Kier molecular flexibility index (Phi) is 6.22. The van der Waals surface area contributed by atoms with Gasteiger partial charge in [0.1, 0.15) is 18.2 Å². The van der Waals surface area contributed by atoms with Gasteiger partial charge in [-0.25, -0.2) is 4.39 Å². The third-order valence-corrected chi connectivity index (χ3v) is 3.82. The highest BCUT2D eigenvalue weighted by molar-refractivity contribution is 6.30. The van der Waals surface area contributed by atoms with Crippen LogP contribution in [0.25, 0.3) is 0 Å². The summed E-state index contributed by atoms with van der Waals surface area (Å²) in [5.41, 5.74) is 1.95. The van der Waals surface area contributed by atoms with Crippen LogP contribution in [-0.2, 0) is 13.2 Å². The van der Waals surface area contributed by atoms with E-state index >= 15 is 0 Å². The van der Waals surface area contributed by atoms with Gasteiger partial charge in [-0.15, -0.1) is 0 Å². The molecule has 0 fully saturated rings. The summed E-state index contributed by atoms with van der Waals surface area (Å²) in [6.45, 7) is 5.39. The molecule has 1 atom stereocenters. The van der Waals surface area contributed by atoms with E-state index in [1.54, 1.807) is 12.1 Å². The monoisotopic (exact) mass is 321 g/mol. The summed E-state index contributed by atoms with van der Waals surface area (Å²) in [4.78, 5) is 0. The fraction of sp³-hybridized carbons (Fsp3) is 0.333. The molecule has 0 amide bonds. The molecular weight excluding hydrogens is 301 g/mol. The summed E-state index contributed by atoms with van der Waals surface area (Å²) < 4.78 is 18.8. The number of rotatable bonds is 7. The molecule has 0 aliphatic heterocycles. The number of halogens is 2. The fourth-order valence-electron chi connectivity index (χ4n) is 2.00. The van der Waals surface area contributed by atoms with Crippen molar-refractivity contribution in [3.05, 3.63) is 64.4 Å². The predicted octanol–water partition coefficient (Wildman–Crippen LogP) is 4.95.